The van der Waals surface area contributed by atoms with Crippen LogP contribution < -0.4 is 16.0 Å². The third-order valence-electron chi connectivity index (χ3n) is 4.24. The summed E-state index contributed by atoms with van der Waals surface area (Å²) in [5.41, 5.74) is 2.75. The van der Waals surface area contributed by atoms with Crippen molar-refractivity contribution >= 4 is 15.7 Å². The van der Waals surface area contributed by atoms with Gasteiger partial charge < -0.3 is 5.43 Å². The number of hydrogen-bond donors (Lipinski definition) is 3. The summed E-state index contributed by atoms with van der Waals surface area (Å²) in [7, 11) is -3.61. The molecule has 3 unspecified atom stereocenters. The molecule has 0 aliphatic heterocycles. The maximum atomic E-state index is 12.5. The van der Waals surface area contributed by atoms with Gasteiger partial charge in [-0.15, -0.1) is 0 Å². The van der Waals surface area contributed by atoms with Crippen LogP contribution in [0.3, 0.4) is 0 Å². The maximum absolute atomic E-state index is 12.5. The first-order chi connectivity index (χ1) is 9.45. The van der Waals surface area contributed by atoms with Crippen LogP contribution in [0.4, 0.5) is 5.69 Å². The average molecular weight is 298 g/mol. The third-order valence-corrected chi connectivity index (χ3v) is 5.76. The van der Waals surface area contributed by atoms with Gasteiger partial charge in [0, 0.05) is 18.4 Å². The van der Waals surface area contributed by atoms with Crippen LogP contribution in [0.25, 0.3) is 0 Å². The van der Waals surface area contributed by atoms with Crippen molar-refractivity contribution in [3.05, 3.63) is 18.5 Å². The van der Waals surface area contributed by atoms with E-state index in [1.165, 1.54) is 12.4 Å². The van der Waals surface area contributed by atoms with E-state index in [0.29, 0.717) is 17.5 Å². The zero-order valence-electron chi connectivity index (χ0n) is 11.8. The van der Waals surface area contributed by atoms with E-state index in [4.69, 9.17) is 5.84 Å². The van der Waals surface area contributed by atoms with E-state index < -0.39 is 10.0 Å². The molecule has 1 aliphatic carbocycles. The molecule has 0 aromatic carbocycles. The molecule has 3 atom stereocenters. The minimum absolute atomic E-state index is 0.0328. The normalized spacial score (nSPS) is 27.2. The predicted molar refractivity (Wildman–Crippen MR) is 78.3 cm³/mol. The molecule has 7 heteroatoms. The van der Waals surface area contributed by atoms with Crippen molar-refractivity contribution in [2.75, 3.05) is 5.43 Å². The van der Waals surface area contributed by atoms with Crippen LogP contribution in [0.15, 0.2) is 23.4 Å². The summed E-state index contributed by atoms with van der Waals surface area (Å²) in [5.74, 6) is 6.21. The lowest BCUT2D eigenvalue weighted by atomic mass is 9.78. The monoisotopic (exact) mass is 298 g/mol. The number of nitrogens with one attached hydrogen (secondary N) is 2. The Kier molecular flexibility index (Phi) is 4.62. The minimum Gasteiger partial charge on any atom is -0.323 e. The highest BCUT2D eigenvalue weighted by molar-refractivity contribution is 7.89. The molecule has 20 heavy (non-hydrogen) atoms. The number of nitrogens with two attached hydrogens (primary N) is 1. The van der Waals surface area contributed by atoms with Crippen LogP contribution in [-0.4, -0.2) is 19.4 Å². The Morgan fingerprint density at radius 2 is 2.10 bits per heavy atom. The van der Waals surface area contributed by atoms with E-state index in [1.54, 1.807) is 6.07 Å². The Morgan fingerprint density at radius 3 is 2.80 bits per heavy atom. The molecule has 6 nitrogen and oxygen atoms in total. The second-order valence-electron chi connectivity index (χ2n) is 5.51. The summed E-state index contributed by atoms with van der Waals surface area (Å²) in [6.07, 6.45) is 5.89. The SMILES string of the molecule is CC1CCCC(NS(=O)(=O)c2cnccc2NN)C1C. The van der Waals surface area contributed by atoms with Crippen LogP contribution in [0.1, 0.15) is 33.1 Å². The standard InChI is InChI=1S/C13H22N4O2S/c1-9-4-3-5-11(10(9)2)17-20(18,19)13-8-15-7-6-12(13)16-14/h6-11,17H,3-5,14H2,1-2H3,(H,15,16). The van der Waals surface area contributed by atoms with Gasteiger partial charge in [-0.25, -0.2) is 13.1 Å². The van der Waals surface area contributed by atoms with E-state index in [0.717, 1.165) is 19.3 Å². The van der Waals surface area contributed by atoms with Gasteiger partial charge in [0.25, 0.3) is 0 Å². The van der Waals surface area contributed by atoms with Gasteiger partial charge >= 0.3 is 0 Å². The van der Waals surface area contributed by atoms with Crippen molar-refractivity contribution in [2.24, 2.45) is 17.7 Å². The highest BCUT2D eigenvalue weighted by Crippen LogP contribution is 2.31. The molecule has 1 fully saturated rings. The van der Waals surface area contributed by atoms with Crippen LogP contribution in [0.2, 0.25) is 0 Å². The first-order valence-corrected chi connectivity index (χ1v) is 8.37. The molecule has 0 bridgehead atoms. The van der Waals surface area contributed by atoms with Gasteiger partial charge in [0.15, 0.2) is 0 Å². The van der Waals surface area contributed by atoms with Crippen molar-refractivity contribution in [1.82, 2.24) is 9.71 Å². The molecule has 1 aromatic heterocycles. The topological polar surface area (TPSA) is 97.1 Å². The molecular weight excluding hydrogens is 276 g/mol. The number of hydrogen-bond acceptors (Lipinski definition) is 5. The molecule has 1 saturated carbocycles. The number of sulfonamides is 1. The Bertz CT molecular complexity index is 561. The third kappa shape index (κ3) is 3.11. The van der Waals surface area contributed by atoms with Crippen LogP contribution in [0.5, 0.6) is 0 Å². The van der Waals surface area contributed by atoms with Crippen molar-refractivity contribution < 1.29 is 8.42 Å². The summed E-state index contributed by atoms with van der Waals surface area (Å²) in [4.78, 5) is 3.96. The highest BCUT2D eigenvalue weighted by atomic mass is 32.2. The second-order valence-corrected chi connectivity index (χ2v) is 7.19. The number of nitrogens with zero attached hydrogens (tertiary/aromatic N) is 1. The van der Waals surface area contributed by atoms with Crippen molar-refractivity contribution in [2.45, 2.75) is 44.0 Å². The van der Waals surface area contributed by atoms with E-state index in [2.05, 4.69) is 29.0 Å². The molecule has 0 amide bonds. The summed E-state index contributed by atoms with van der Waals surface area (Å²) in [6, 6.07) is 1.51. The molecule has 0 saturated heterocycles. The Labute approximate surface area is 120 Å². The van der Waals surface area contributed by atoms with E-state index in [1.807, 2.05) is 0 Å². The number of aromatic nitrogens is 1. The molecule has 2 rings (SSSR count). The molecule has 4 N–H and O–H groups in total. The van der Waals surface area contributed by atoms with Gasteiger partial charge in [-0.3, -0.25) is 10.8 Å². The van der Waals surface area contributed by atoms with Crippen molar-refractivity contribution in [1.29, 1.82) is 0 Å². The molecule has 112 valence electrons. The second kappa shape index (κ2) is 6.07. The van der Waals surface area contributed by atoms with E-state index >= 15 is 0 Å². The zero-order valence-corrected chi connectivity index (χ0v) is 12.7. The quantitative estimate of drug-likeness (QED) is 0.578. The van der Waals surface area contributed by atoms with Crippen LogP contribution in [0, 0.1) is 11.8 Å². The fourth-order valence-electron chi connectivity index (χ4n) is 2.72. The van der Waals surface area contributed by atoms with E-state index in [-0.39, 0.29) is 10.9 Å². The fourth-order valence-corrected chi connectivity index (χ4v) is 4.20. The summed E-state index contributed by atoms with van der Waals surface area (Å²) >= 11 is 0. The number of hydrazine groups is 1. The number of nitrogen functional groups attached to an aromatic ring is 1. The smallest absolute Gasteiger partial charge is 0.244 e. The van der Waals surface area contributed by atoms with Gasteiger partial charge in [0.1, 0.15) is 4.90 Å². The molecule has 0 spiro atoms. The lowest BCUT2D eigenvalue weighted by Gasteiger charge is -2.34. The molecule has 1 heterocycles. The summed E-state index contributed by atoms with van der Waals surface area (Å²) in [5, 5.41) is 0. The molecule has 1 aromatic rings. The molecule has 0 radical (unpaired) electrons. The Hall–Kier alpha value is -1.18. The maximum Gasteiger partial charge on any atom is 0.244 e. The van der Waals surface area contributed by atoms with Crippen LogP contribution in [-0.2, 0) is 10.0 Å². The summed E-state index contributed by atoms with van der Waals surface area (Å²) < 4.78 is 27.8. The van der Waals surface area contributed by atoms with Gasteiger partial charge in [0.2, 0.25) is 10.0 Å². The average Bonchev–Trinajstić information content (AvgIpc) is 2.43. The largest absolute Gasteiger partial charge is 0.323 e. The lowest BCUT2D eigenvalue weighted by molar-refractivity contribution is 0.227. The van der Waals surface area contributed by atoms with Crippen molar-refractivity contribution in [3.63, 3.8) is 0 Å². The van der Waals surface area contributed by atoms with Gasteiger partial charge in [0.05, 0.1) is 5.69 Å². The number of anilines is 1. The molecular formula is C13H22N4O2S. The van der Waals surface area contributed by atoms with Crippen LogP contribution >= 0.6 is 0 Å². The first kappa shape index (κ1) is 15.2. The number of rotatable bonds is 4. The molecule has 1 aliphatic rings. The lowest BCUT2D eigenvalue weighted by Crippen LogP contribution is -2.43. The Morgan fingerprint density at radius 1 is 1.35 bits per heavy atom. The first-order valence-electron chi connectivity index (χ1n) is 6.88. The summed E-state index contributed by atoms with van der Waals surface area (Å²) in [6.45, 7) is 4.27. The van der Waals surface area contributed by atoms with E-state index in [9.17, 15) is 8.42 Å². The highest BCUT2D eigenvalue weighted by Gasteiger charge is 2.31. The predicted octanol–water partition coefficient (Wildman–Crippen LogP) is 1.47. The van der Waals surface area contributed by atoms with Gasteiger partial charge in [-0.05, 0) is 24.3 Å². The minimum atomic E-state index is -3.61. The van der Waals surface area contributed by atoms with Gasteiger partial charge in [-0.2, -0.15) is 0 Å². The fraction of sp³-hybridized carbons (Fsp3) is 0.615. The Balaban J connectivity index is 2.23. The number of pyridine rings is 1. The van der Waals surface area contributed by atoms with Crippen molar-refractivity contribution in [3.8, 4) is 0 Å². The zero-order chi connectivity index (χ0) is 14.8. The van der Waals surface area contributed by atoms with Gasteiger partial charge in [-0.1, -0.05) is 26.7 Å².